The number of aromatic nitrogens is 1. The summed E-state index contributed by atoms with van der Waals surface area (Å²) in [5.41, 5.74) is 0.890. The molecule has 90 valence electrons. The second-order valence-electron chi connectivity index (χ2n) is 3.45. The van der Waals surface area contributed by atoms with E-state index in [1.165, 1.54) is 0 Å². The highest BCUT2D eigenvalue weighted by atomic mass is 35.5. The number of hydrogen-bond acceptors (Lipinski definition) is 4. The molecule has 0 aliphatic heterocycles. The molecule has 5 heteroatoms. The van der Waals surface area contributed by atoms with Gasteiger partial charge in [-0.25, -0.2) is 4.98 Å². The predicted molar refractivity (Wildman–Crippen MR) is 69.9 cm³/mol. The van der Waals surface area contributed by atoms with Gasteiger partial charge in [0.1, 0.15) is 10.8 Å². The van der Waals surface area contributed by atoms with Crippen molar-refractivity contribution in [3.8, 4) is 16.3 Å². The summed E-state index contributed by atoms with van der Waals surface area (Å²) in [6.45, 7) is 0.137. The Hall–Kier alpha value is -1.10. The van der Waals surface area contributed by atoms with Gasteiger partial charge < -0.3 is 9.84 Å². The lowest BCUT2D eigenvalue weighted by Crippen LogP contribution is -1.84. The van der Waals surface area contributed by atoms with Crippen LogP contribution in [0.4, 0.5) is 0 Å². The first-order valence-corrected chi connectivity index (χ1v) is 6.33. The number of benzene rings is 1. The molecular weight excluding hydrogens is 258 g/mol. The molecule has 1 heterocycles. The van der Waals surface area contributed by atoms with Crippen molar-refractivity contribution in [1.82, 2.24) is 4.98 Å². The summed E-state index contributed by atoms with van der Waals surface area (Å²) in [5.74, 6) is 0.728. The summed E-state index contributed by atoms with van der Waals surface area (Å²) >= 11 is 7.71. The maximum atomic E-state index is 8.86. The fraction of sp³-hybridized carbons (Fsp3) is 0.250. The minimum Gasteiger partial charge on any atom is -0.497 e. The van der Waals surface area contributed by atoms with Crippen molar-refractivity contribution in [2.24, 2.45) is 0 Å². The van der Waals surface area contributed by atoms with Gasteiger partial charge in [-0.1, -0.05) is 11.6 Å². The average Bonchev–Trinajstić information content (AvgIpc) is 2.78. The average molecular weight is 270 g/mol. The quantitative estimate of drug-likeness (QED) is 0.928. The molecule has 0 saturated carbocycles. The molecule has 0 radical (unpaired) electrons. The highest BCUT2D eigenvalue weighted by Gasteiger charge is 2.09. The van der Waals surface area contributed by atoms with Gasteiger partial charge >= 0.3 is 0 Å². The normalized spacial score (nSPS) is 10.5. The second-order valence-corrected chi connectivity index (χ2v) is 4.97. The zero-order valence-electron chi connectivity index (χ0n) is 9.31. The first kappa shape index (κ1) is 12.4. The van der Waals surface area contributed by atoms with Gasteiger partial charge in [-0.05, 0) is 18.2 Å². The molecule has 2 rings (SSSR count). The number of nitrogens with zero attached hydrogens (tertiary/aromatic N) is 1. The fourth-order valence-corrected chi connectivity index (χ4v) is 2.71. The number of aliphatic hydroxyl groups is 1. The molecule has 1 aromatic carbocycles. The number of aliphatic hydroxyl groups excluding tert-OH is 1. The Kier molecular flexibility index (Phi) is 3.99. The van der Waals surface area contributed by atoms with Gasteiger partial charge in [0.05, 0.1) is 12.1 Å². The van der Waals surface area contributed by atoms with E-state index in [-0.39, 0.29) is 6.61 Å². The molecular formula is C12H12ClNO2S. The maximum absolute atomic E-state index is 8.86. The van der Waals surface area contributed by atoms with Crippen LogP contribution < -0.4 is 4.74 Å². The van der Waals surface area contributed by atoms with E-state index in [0.29, 0.717) is 11.4 Å². The minimum absolute atomic E-state index is 0.137. The highest BCUT2D eigenvalue weighted by molar-refractivity contribution is 7.15. The predicted octanol–water partition coefficient (Wildman–Crippen LogP) is 3.01. The largest absolute Gasteiger partial charge is 0.497 e. The van der Waals surface area contributed by atoms with E-state index in [0.717, 1.165) is 21.2 Å². The van der Waals surface area contributed by atoms with Crippen LogP contribution in [0.2, 0.25) is 5.02 Å². The lowest BCUT2D eigenvalue weighted by molar-refractivity contribution is 0.300. The molecule has 2 aromatic rings. The molecule has 0 atom stereocenters. The topological polar surface area (TPSA) is 42.4 Å². The molecule has 3 nitrogen and oxygen atoms in total. The Morgan fingerprint density at radius 3 is 2.94 bits per heavy atom. The molecule has 0 spiro atoms. The Balaban J connectivity index is 2.32. The Morgan fingerprint density at radius 2 is 2.29 bits per heavy atom. The van der Waals surface area contributed by atoms with Crippen molar-refractivity contribution in [1.29, 1.82) is 0 Å². The van der Waals surface area contributed by atoms with E-state index in [1.54, 1.807) is 30.7 Å². The van der Waals surface area contributed by atoms with Gasteiger partial charge in [-0.3, -0.25) is 0 Å². The number of hydrogen-bond donors (Lipinski definition) is 1. The Labute approximate surface area is 109 Å². The number of halogens is 1. The second kappa shape index (κ2) is 5.49. The molecule has 0 unspecified atom stereocenters. The Bertz CT molecular complexity index is 513. The smallest absolute Gasteiger partial charge is 0.125 e. The molecule has 0 aliphatic carbocycles. The van der Waals surface area contributed by atoms with Crippen molar-refractivity contribution in [3.05, 3.63) is 34.3 Å². The van der Waals surface area contributed by atoms with Gasteiger partial charge in [0.25, 0.3) is 0 Å². The van der Waals surface area contributed by atoms with Crippen LogP contribution in [0.15, 0.2) is 24.4 Å². The van der Waals surface area contributed by atoms with Crippen molar-refractivity contribution in [2.45, 2.75) is 6.42 Å². The third-order valence-electron chi connectivity index (χ3n) is 2.32. The number of thiazole rings is 1. The van der Waals surface area contributed by atoms with Crippen LogP contribution in [-0.4, -0.2) is 23.8 Å². The van der Waals surface area contributed by atoms with Crippen LogP contribution in [0.3, 0.4) is 0 Å². The third-order valence-corrected chi connectivity index (χ3v) is 3.72. The van der Waals surface area contributed by atoms with E-state index >= 15 is 0 Å². The fourth-order valence-electron chi connectivity index (χ4n) is 1.45. The molecule has 1 N–H and O–H groups in total. The van der Waals surface area contributed by atoms with Crippen molar-refractivity contribution in [3.63, 3.8) is 0 Å². The number of rotatable bonds is 4. The monoisotopic (exact) mass is 269 g/mol. The summed E-state index contributed by atoms with van der Waals surface area (Å²) < 4.78 is 5.10. The SMILES string of the molecule is COc1ccc(-c2ncc(CCO)s2)c(Cl)c1. The van der Waals surface area contributed by atoms with Gasteiger partial charge in [0.2, 0.25) is 0 Å². The van der Waals surface area contributed by atoms with Crippen LogP contribution in [0.1, 0.15) is 4.88 Å². The molecule has 0 bridgehead atoms. The minimum atomic E-state index is 0.137. The molecule has 1 aromatic heterocycles. The lowest BCUT2D eigenvalue weighted by Gasteiger charge is -2.03. The standard InChI is InChI=1S/C12H12ClNO2S/c1-16-8-2-3-10(11(13)6-8)12-14-7-9(17-12)4-5-15/h2-3,6-7,15H,4-5H2,1H3. The van der Waals surface area contributed by atoms with E-state index < -0.39 is 0 Å². The van der Waals surface area contributed by atoms with Crippen molar-refractivity contribution < 1.29 is 9.84 Å². The molecule has 0 amide bonds. The molecule has 17 heavy (non-hydrogen) atoms. The zero-order valence-corrected chi connectivity index (χ0v) is 10.9. The summed E-state index contributed by atoms with van der Waals surface area (Å²) in [7, 11) is 1.61. The van der Waals surface area contributed by atoms with Crippen LogP contribution in [0.25, 0.3) is 10.6 Å². The molecule has 0 fully saturated rings. The van der Waals surface area contributed by atoms with Crippen LogP contribution >= 0.6 is 22.9 Å². The van der Waals surface area contributed by atoms with Gasteiger partial charge in [0.15, 0.2) is 0 Å². The maximum Gasteiger partial charge on any atom is 0.125 e. The van der Waals surface area contributed by atoms with Crippen LogP contribution in [0, 0.1) is 0 Å². The van der Waals surface area contributed by atoms with E-state index in [1.807, 2.05) is 12.1 Å². The van der Waals surface area contributed by atoms with Crippen LogP contribution in [-0.2, 0) is 6.42 Å². The summed E-state index contributed by atoms with van der Waals surface area (Å²) in [6.07, 6.45) is 2.40. The van der Waals surface area contributed by atoms with E-state index in [9.17, 15) is 0 Å². The van der Waals surface area contributed by atoms with Crippen molar-refractivity contribution in [2.75, 3.05) is 13.7 Å². The number of methoxy groups -OCH3 is 1. The van der Waals surface area contributed by atoms with Gasteiger partial charge in [-0.2, -0.15) is 0 Å². The first-order valence-electron chi connectivity index (χ1n) is 5.14. The van der Waals surface area contributed by atoms with Crippen LogP contribution in [0.5, 0.6) is 5.75 Å². The van der Waals surface area contributed by atoms with Crippen molar-refractivity contribution >= 4 is 22.9 Å². The Morgan fingerprint density at radius 1 is 1.47 bits per heavy atom. The third kappa shape index (κ3) is 2.77. The summed E-state index contributed by atoms with van der Waals surface area (Å²) in [6, 6.07) is 5.51. The van der Waals surface area contributed by atoms with E-state index in [4.69, 9.17) is 21.4 Å². The zero-order chi connectivity index (χ0) is 12.3. The highest BCUT2D eigenvalue weighted by Crippen LogP contribution is 2.33. The summed E-state index contributed by atoms with van der Waals surface area (Å²) in [5, 5.41) is 10.3. The lowest BCUT2D eigenvalue weighted by atomic mass is 10.2. The molecule has 0 aliphatic rings. The van der Waals surface area contributed by atoms with Gasteiger partial charge in [-0.15, -0.1) is 11.3 Å². The summed E-state index contributed by atoms with van der Waals surface area (Å²) in [4.78, 5) is 5.35. The van der Waals surface area contributed by atoms with Gasteiger partial charge in [0, 0.05) is 29.7 Å². The number of ether oxygens (including phenoxy) is 1. The molecule has 0 saturated heterocycles. The van der Waals surface area contributed by atoms with E-state index in [2.05, 4.69) is 4.98 Å². The first-order chi connectivity index (χ1) is 8.24.